The molecule has 2 aromatic carbocycles. The van der Waals surface area contributed by atoms with Crippen molar-refractivity contribution in [2.45, 2.75) is 24.3 Å². The van der Waals surface area contributed by atoms with Gasteiger partial charge in [0.25, 0.3) is 0 Å². The average Bonchev–Trinajstić information content (AvgIpc) is 3.18. The van der Waals surface area contributed by atoms with Gasteiger partial charge >= 0.3 is 0 Å². The van der Waals surface area contributed by atoms with Crippen LogP contribution >= 0.6 is 11.8 Å². The lowest BCUT2D eigenvalue weighted by Crippen LogP contribution is -2.07. The number of benzene rings is 2. The highest BCUT2D eigenvalue weighted by Gasteiger charge is 2.20. The van der Waals surface area contributed by atoms with Gasteiger partial charge in [-0.15, -0.1) is 0 Å². The molecular weight excluding hydrogens is 396 g/mol. The number of nitriles is 1. The summed E-state index contributed by atoms with van der Waals surface area (Å²) in [7, 11) is 0. The van der Waals surface area contributed by atoms with E-state index in [4.69, 9.17) is 0 Å². The molecule has 4 rings (SSSR count). The number of allylic oxidation sites excluding steroid dienone is 1. The summed E-state index contributed by atoms with van der Waals surface area (Å²) in [4.78, 5) is 16.7. The zero-order chi connectivity index (χ0) is 21.1. The van der Waals surface area contributed by atoms with Crippen molar-refractivity contribution in [3.8, 4) is 6.07 Å². The molecular formula is C22H20N6OS. The van der Waals surface area contributed by atoms with E-state index in [1.165, 1.54) is 11.8 Å². The fraction of sp³-hybridized carbons (Fsp3) is 0.182. The van der Waals surface area contributed by atoms with E-state index < -0.39 is 5.25 Å². The van der Waals surface area contributed by atoms with E-state index in [1.807, 2.05) is 62.4 Å². The Labute approximate surface area is 177 Å². The number of thioether (sulfide) groups is 1. The Balaban J connectivity index is 1.68. The van der Waals surface area contributed by atoms with E-state index in [-0.39, 0.29) is 11.3 Å². The van der Waals surface area contributed by atoms with E-state index in [0.717, 1.165) is 34.3 Å². The molecule has 0 fully saturated rings. The quantitative estimate of drug-likeness (QED) is 0.177. The minimum absolute atomic E-state index is 0.0664. The maximum Gasteiger partial charge on any atom is 0.190 e. The van der Waals surface area contributed by atoms with Gasteiger partial charge in [0, 0.05) is 11.9 Å². The second-order valence-corrected chi connectivity index (χ2v) is 7.94. The largest absolute Gasteiger partial charge is 0.510 e. The monoisotopic (exact) mass is 416 g/mol. The third kappa shape index (κ3) is 3.80. The number of nitrogens with one attached hydrogen (secondary N) is 2. The molecule has 0 aliphatic rings. The van der Waals surface area contributed by atoms with E-state index in [2.05, 4.69) is 31.3 Å². The van der Waals surface area contributed by atoms with Crippen LogP contribution in [0.3, 0.4) is 0 Å². The first kappa shape index (κ1) is 19.7. The third-order valence-corrected chi connectivity index (χ3v) is 5.56. The number of rotatable bonds is 6. The average molecular weight is 417 g/mol. The summed E-state index contributed by atoms with van der Waals surface area (Å²) in [5.74, 6) is 1.03. The van der Waals surface area contributed by atoms with Gasteiger partial charge in [-0.1, -0.05) is 36.0 Å². The predicted molar refractivity (Wildman–Crippen MR) is 120 cm³/mol. The zero-order valence-corrected chi connectivity index (χ0v) is 17.4. The van der Waals surface area contributed by atoms with Crippen molar-refractivity contribution in [3.05, 3.63) is 60.1 Å². The molecule has 0 amide bonds. The summed E-state index contributed by atoms with van der Waals surface area (Å²) in [6, 6.07) is 17.3. The lowest BCUT2D eigenvalue weighted by atomic mass is 10.2. The lowest BCUT2D eigenvalue weighted by molar-refractivity contribution is 0.401. The van der Waals surface area contributed by atoms with Crippen LogP contribution in [-0.2, 0) is 0 Å². The minimum Gasteiger partial charge on any atom is -0.510 e. The van der Waals surface area contributed by atoms with Crippen LogP contribution in [0.1, 0.15) is 19.7 Å². The molecule has 2 heterocycles. The number of H-pyrrole nitrogens is 1. The van der Waals surface area contributed by atoms with Crippen molar-refractivity contribution in [2.24, 2.45) is 0 Å². The van der Waals surface area contributed by atoms with Gasteiger partial charge in [0.1, 0.15) is 23.2 Å². The smallest absolute Gasteiger partial charge is 0.190 e. The molecule has 1 atom stereocenters. The van der Waals surface area contributed by atoms with Crippen LogP contribution in [0, 0.1) is 11.3 Å². The van der Waals surface area contributed by atoms with Crippen molar-refractivity contribution in [1.82, 2.24) is 19.9 Å². The van der Waals surface area contributed by atoms with Crippen molar-refractivity contribution >= 4 is 45.1 Å². The Morgan fingerprint density at radius 3 is 2.60 bits per heavy atom. The van der Waals surface area contributed by atoms with Crippen LogP contribution in [0.25, 0.3) is 27.5 Å². The first-order valence-corrected chi connectivity index (χ1v) is 10.4. The number of nitrogens with zero attached hydrogens (tertiary/aromatic N) is 4. The van der Waals surface area contributed by atoms with Crippen molar-refractivity contribution in [2.75, 3.05) is 11.9 Å². The number of anilines is 1. The molecule has 1 unspecified atom stereocenters. The zero-order valence-electron chi connectivity index (χ0n) is 16.5. The molecule has 0 spiro atoms. The molecule has 0 aliphatic carbocycles. The lowest BCUT2D eigenvalue weighted by Gasteiger charge is -2.13. The molecule has 0 aliphatic heterocycles. The molecule has 0 saturated heterocycles. The molecule has 8 heteroatoms. The van der Waals surface area contributed by atoms with E-state index >= 15 is 0 Å². The normalized spacial score (nSPS) is 13.1. The fourth-order valence-corrected chi connectivity index (χ4v) is 3.97. The molecule has 7 nitrogen and oxygen atoms in total. The molecule has 2 aromatic heterocycles. The summed E-state index contributed by atoms with van der Waals surface area (Å²) in [5.41, 5.74) is 2.47. The standard InChI is InChI=1S/C22H20N6OS/c1-3-24-20-14-8-4-5-9-16(14)27-22(28-20)30-13(2)19(29)15(12-23)21-25-17-10-6-7-11-18(17)26-21/h4-11,13,29H,3H2,1-2H3,(H,25,26)(H,24,27,28)/b19-15+. The SMILES string of the molecule is CCNc1nc(SC(C)/C(O)=C(/C#N)c2nc3ccccc3[nH]2)nc2ccccc12. The van der Waals surface area contributed by atoms with Crippen LogP contribution < -0.4 is 5.32 Å². The van der Waals surface area contributed by atoms with Crippen molar-refractivity contribution in [1.29, 1.82) is 5.26 Å². The maximum atomic E-state index is 10.8. The van der Waals surface area contributed by atoms with Gasteiger partial charge in [0.2, 0.25) is 0 Å². The first-order valence-electron chi connectivity index (χ1n) is 9.56. The highest BCUT2D eigenvalue weighted by molar-refractivity contribution is 7.99. The number of aliphatic hydroxyl groups excluding tert-OH is 1. The van der Waals surface area contributed by atoms with E-state index in [9.17, 15) is 10.4 Å². The number of imidazole rings is 1. The Morgan fingerprint density at radius 2 is 1.87 bits per heavy atom. The molecule has 0 saturated carbocycles. The number of para-hydroxylation sites is 3. The minimum atomic E-state index is -0.441. The number of fused-ring (bicyclic) bond motifs is 2. The summed E-state index contributed by atoms with van der Waals surface area (Å²) in [5, 5.41) is 24.8. The topological polar surface area (TPSA) is 111 Å². The summed E-state index contributed by atoms with van der Waals surface area (Å²) >= 11 is 1.29. The fourth-order valence-electron chi connectivity index (χ4n) is 3.13. The number of hydrogen-bond donors (Lipinski definition) is 3. The molecule has 150 valence electrons. The van der Waals surface area contributed by atoms with Gasteiger partial charge in [0.15, 0.2) is 11.0 Å². The first-order chi connectivity index (χ1) is 14.6. The van der Waals surface area contributed by atoms with Gasteiger partial charge in [-0.05, 0) is 38.1 Å². The van der Waals surface area contributed by atoms with Crippen LogP contribution in [0.15, 0.2) is 59.4 Å². The molecule has 0 bridgehead atoms. The number of aromatic nitrogens is 4. The van der Waals surface area contributed by atoms with Gasteiger partial charge in [-0.25, -0.2) is 15.0 Å². The Kier molecular flexibility index (Phi) is 5.55. The number of hydrogen-bond acceptors (Lipinski definition) is 7. The number of aliphatic hydroxyl groups is 1. The summed E-state index contributed by atoms with van der Waals surface area (Å²) < 4.78 is 0. The predicted octanol–water partition coefficient (Wildman–Crippen LogP) is 4.91. The second-order valence-electron chi connectivity index (χ2n) is 6.64. The van der Waals surface area contributed by atoms with Gasteiger partial charge < -0.3 is 15.4 Å². The molecule has 30 heavy (non-hydrogen) atoms. The summed E-state index contributed by atoms with van der Waals surface area (Å²) in [6.45, 7) is 4.55. The second kappa shape index (κ2) is 8.43. The molecule has 0 radical (unpaired) electrons. The van der Waals surface area contributed by atoms with Crippen LogP contribution in [-0.4, -0.2) is 36.8 Å². The van der Waals surface area contributed by atoms with E-state index in [0.29, 0.717) is 11.0 Å². The Morgan fingerprint density at radius 1 is 1.13 bits per heavy atom. The molecule has 3 N–H and O–H groups in total. The van der Waals surface area contributed by atoms with Crippen molar-refractivity contribution < 1.29 is 5.11 Å². The van der Waals surface area contributed by atoms with Crippen molar-refractivity contribution in [3.63, 3.8) is 0 Å². The summed E-state index contributed by atoms with van der Waals surface area (Å²) in [6.07, 6.45) is 0. The van der Waals surface area contributed by atoms with Crippen LogP contribution in [0.4, 0.5) is 5.82 Å². The Hall–Kier alpha value is -3.57. The third-order valence-electron chi connectivity index (χ3n) is 4.59. The van der Waals surface area contributed by atoms with Crippen LogP contribution in [0.5, 0.6) is 0 Å². The van der Waals surface area contributed by atoms with Gasteiger partial charge in [0.05, 0.1) is 21.8 Å². The van der Waals surface area contributed by atoms with Gasteiger partial charge in [-0.2, -0.15) is 5.26 Å². The maximum absolute atomic E-state index is 10.8. The van der Waals surface area contributed by atoms with E-state index in [1.54, 1.807) is 0 Å². The number of aromatic amines is 1. The van der Waals surface area contributed by atoms with Gasteiger partial charge in [-0.3, -0.25) is 0 Å². The van der Waals surface area contributed by atoms with Crippen LogP contribution in [0.2, 0.25) is 0 Å². The Bertz CT molecular complexity index is 1260. The highest BCUT2D eigenvalue weighted by Crippen LogP contribution is 2.31. The molecule has 4 aromatic rings. The highest BCUT2D eigenvalue weighted by atomic mass is 32.2.